The van der Waals surface area contributed by atoms with Gasteiger partial charge in [0.1, 0.15) is 0 Å². The van der Waals surface area contributed by atoms with Gasteiger partial charge in [0, 0.05) is 48.8 Å². The van der Waals surface area contributed by atoms with E-state index in [-0.39, 0.29) is 17.9 Å². The molecule has 20 heavy (non-hydrogen) atoms. The van der Waals surface area contributed by atoms with Gasteiger partial charge in [0.05, 0.1) is 0 Å². The summed E-state index contributed by atoms with van der Waals surface area (Å²) in [6, 6.07) is 7.13. The van der Waals surface area contributed by atoms with Crippen LogP contribution in [0.25, 0.3) is 0 Å². The van der Waals surface area contributed by atoms with Gasteiger partial charge in [-0.2, -0.15) is 11.8 Å². The van der Waals surface area contributed by atoms with Crippen LogP contribution in [0, 0.1) is 0 Å². The van der Waals surface area contributed by atoms with E-state index in [1.165, 1.54) is 0 Å². The predicted molar refractivity (Wildman–Crippen MR) is 82.2 cm³/mol. The van der Waals surface area contributed by atoms with Crippen LogP contribution in [-0.2, 0) is 4.79 Å². The highest BCUT2D eigenvalue weighted by Gasteiger charge is 2.16. The zero-order valence-electron chi connectivity index (χ0n) is 11.4. The number of hydrogen-bond acceptors (Lipinski definition) is 4. The number of carbonyl (C=O) groups is 2. The lowest BCUT2D eigenvalue weighted by molar-refractivity contribution is -0.116. The maximum Gasteiger partial charge on any atom is 0.251 e. The fourth-order valence-corrected chi connectivity index (χ4v) is 2.98. The number of nitrogens with one attached hydrogen (secondary N) is 3. The van der Waals surface area contributed by atoms with E-state index in [0.717, 1.165) is 18.1 Å². The molecular formula is C14H19N3O2S. The second-order valence-corrected chi connectivity index (χ2v) is 5.78. The third kappa shape index (κ3) is 4.25. The molecule has 0 aromatic heterocycles. The highest BCUT2D eigenvalue weighted by molar-refractivity contribution is 7.99. The average Bonchev–Trinajstić information content (AvgIpc) is 2.48. The number of amides is 2. The molecule has 1 aromatic rings. The Bertz CT molecular complexity index is 470. The first kappa shape index (κ1) is 14.9. The Morgan fingerprint density at radius 2 is 2.10 bits per heavy atom. The van der Waals surface area contributed by atoms with Gasteiger partial charge in [-0.05, 0) is 24.3 Å². The van der Waals surface area contributed by atoms with E-state index in [4.69, 9.17) is 0 Å². The zero-order chi connectivity index (χ0) is 14.4. The van der Waals surface area contributed by atoms with Crippen LogP contribution in [0.15, 0.2) is 24.3 Å². The normalized spacial score (nSPS) is 18.4. The first-order chi connectivity index (χ1) is 9.69. The summed E-state index contributed by atoms with van der Waals surface area (Å²) in [5, 5.41) is 8.75. The van der Waals surface area contributed by atoms with Crippen molar-refractivity contribution in [1.29, 1.82) is 0 Å². The molecule has 6 heteroatoms. The van der Waals surface area contributed by atoms with Crippen molar-refractivity contribution in [3.05, 3.63) is 29.8 Å². The molecule has 1 aliphatic rings. The lowest BCUT2D eigenvalue weighted by atomic mass is 10.2. The molecule has 108 valence electrons. The van der Waals surface area contributed by atoms with E-state index in [1.807, 2.05) is 11.8 Å². The molecule has 1 unspecified atom stereocenters. The largest absolute Gasteiger partial charge is 0.355 e. The van der Waals surface area contributed by atoms with Gasteiger partial charge in [-0.15, -0.1) is 0 Å². The highest BCUT2D eigenvalue weighted by Crippen LogP contribution is 2.13. The summed E-state index contributed by atoms with van der Waals surface area (Å²) in [5.74, 6) is 1.95. The summed E-state index contributed by atoms with van der Waals surface area (Å²) >= 11 is 1.87. The van der Waals surface area contributed by atoms with Gasteiger partial charge in [0.25, 0.3) is 5.91 Å². The lowest BCUT2D eigenvalue weighted by Gasteiger charge is -2.22. The second kappa shape index (κ2) is 7.31. The number of carbonyl (C=O) groups excluding carboxylic acids is 2. The Morgan fingerprint density at radius 1 is 1.35 bits per heavy atom. The monoisotopic (exact) mass is 293 g/mol. The van der Waals surface area contributed by atoms with Gasteiger partial charge in [0.15, 0.2) is 0 Å². The molecule has 1 aliphatic heterocycles. The molecule has 0 saturated carbocycles. The van der Waals surface area contributed by atoms with Crippen molar-refractivity contribution in [3.63, 3.8) is 0 Å². The molecule has 0 radical (unpaired) electrons. The quantitative estimate of drug-likeness (QED) is 0.777. The van der Waals surface area contributed by atoms with Gasteiger partial charge >= 0.3 is 0 Å². The summed E-state index contributed by atoms with van der Waals surface area (Å²) in [5.41, 5.74) is 1.29. The summed E-state index contributed by atoms with van der Waals surface area (Å²) in [6.45, 7) is 0.962. The molecule has 5 nitrogen and oxygen atoms in total. The average molecular weight is 293 g/mol. The zero-order valence-corrected chi connectivity index (χ0v) is 12.3. The van der Waals surface area contributed by atoms with Crippen LogP contribution in [0.1, 0.15) is 16.8 Å². The molecule has 1 saturated heterocycles. The van der Waals surface area contributed by atoms with Gasteiger partial charge < -0.3 is 16.0 Å². The van der Waals surface area contributed by atoms with E-state index < -0.39 is 0 Å². The standard InChI is InChI=1S/C14H19N3O2S/c1-15-14(19)10-2-4-11(5-3-10)17-13(18)8-12-9-20-7-6-16-12/h2-5,12,16H,6-9H2,1H3,(H,15,19)(H,17,18). The fourth-order valence-electron chi connectivity index (χ4n) is 2.04. The third-order valence-corrected chi connectivity index (χ3v) is 4.22. The molecule has 2 rings (SSSR count). The predicted octanol–water partition coefficient (Wildman–Crippen LogP) is 1.08. The van der Waals surface area contributed by atoms with E-state index in [2.05, 4.69) is 16.0 Å². The van der Waals surface area contributed by atoms with Crippen LogP contribution >= 0.6 is 11.8 Å². The van der Waals surface area contributed by atoms with E-state index in [9.17, 15) is 9.59 Å². The maximum atomic E-state index is 11.9. The van der Waals surface area contributed by atoms with Crippen molar-refractivity contribution >= 4 is 29.3 Å². The van der Waals surface area contributed by atoms with Gasteiger partial charge in [0.2, 0.25) is 5.91 Å². The topological polar surface area (TPSA) is 70.2 Å². The van der Waals surface area contributed by atoms with Crippen LogP contribution < -0.4 is 16.0 Å². The van der Waals surface area contributed by atoms with Crippen LogP contribution in [0.3, 0.4) is 0 Å². The van der Waals surface area contributed by atoms with Crippen LogP contribution in [0.5, 0.6) is 0 Å². The molecule has 0 spiro atoms. The molecule has 1 fully saturated rings. The minimum absolute atomic E-state index is 0.00214. The Hall–Kier alpha value is -1.53. The van der Waals surface area contributed by atoms with E-state index in [1.54, 1.807) is 31.3 Å². The Labute approximate surface area is 122 Å². The smallest absolute Gasteiger partial charge is 0.251 e. The van der Waals surface area contributed by atoms with E-state index >= 15 is 0 Å². The number of thioether (sulfide) groups is 1. The van der Waals surface area contributed by atoms with Crippen molar-refractivity contribution in [2.75, 3.05) is 30.4 Å². The number of anilines is 1. The minimum atomic E-state index is -0.133. The highest BCUT2D eigenvalue weighted by atomic mass is 32.2. The Morgan fingerprint density at radius 3 is 2.70 bits per heavy atom. The summed E-state index contributed by atoms with van der Waals surface area (Å²) < 4.78 is 0. The Balaban J connectivity index is 1.85. The SMILES string of the molecule is CNC(=O)c1ccc(NC(=O)CC2CSCCN2)cc1. The minimum Gasteiger partial charge on any atom is -0.355 e. The molecule has 0 aliphatic carbocycles. The molecule has 2 amide bonds. The van der Waals surface area contributed by atoms with Crippen LogP contribution in [0.2, 0.25) is 0 Å². The lowest BCUT2D eigenvalue weighted by Crippen LogP contribution is -2.39. The molecular weight excluding hydrogens is 274 g/mol. The maximum absolute atomic E-state index is 11.9. The fraction of sp³-hybridized carbons (Fsp3) is 0.429. The molecule has 1 aromatic carbocycles. The number of benzene rings is 1. The first-order valence-corrected chi connectivity index (χ1v) is 7.77. The molecule has 3 N–H and O–H groups in total. The number of rotatable bonds is 4. The van der Waals surface area contributed by atoms with Gasteiger partial charge in [-0.1, -0.05) is 0 Å². The number of hydrogen-bond donors (Lipinski definition) is 3. The summed E-state index contributed by atoms with van der Waals surface area (Å²) in [6.07, 6.45) is 0.476. The summed E-state index contributed by atoms with van der Waals surface area (Å²) in [7, 11) is 1.59. The Kier molecular flexibility index (Phi) is 5.43. The molecule has 0 bridgehead atoms. The third-order valence-electron chi connectivity index (χ3n) is 3.09. The van der Waals surface area contributed by atoms with E-state index in [0.29, 0.717) is 17.7 Å². The van der Waals surface area contributed by atoms with Gasteiger partial charge in [-0.25, -0.2) is 0 Å². The summed E-state index contributed by atoms with van der Waals surface area (Å²) in [4.78, 5) is 23.3. The van der Waals surface area contributed by atoms with Crippen molar-refractivity contribution in [2.24, 2.45) is 0 Å². The second-order valence-electron chi connectivity index (χ2n) is 4.63. The molecule has 1 heterocycles. The van der Waals surface area contributed by atoms with Gasteiger partial charge in [-0.3, -0.25) is 9.59 Å². The van der Waals surface area contributed by atoms with Crippen molar-refractivity contribution in [3.8, 4) is 0 Å². The van der Waals surface area contributed by atoms with Crippen molar-refractivity contribution in [2.45, 2.75) is 12.5 Å². The molecule has 1 atom stereocenters. The van der Waals surface area contributed by atoms with Crippen LogP contribution in [-0.4, -0.2) is 43.0 Å². The van der Waals surface area contributed by atoms with Crippen LogP contribution in [0.4, 0.5) is 5.69 Å². The van der Waals surface area contributed by atoms with Crippen molar-refractivity contribution in [1.82, 2.24) is 10.6 Å². The first-order valence-electron chi connectivity index (χ1n) is 6.62. The van der Waals surface area contributed by atoms with Crippen molar-refractivity contribution < 1.29 is 9.59 Å².